The van der Waals surface area contributed by atoms with Crippen LogP contribution in [0.25, 0.3) is 11.0 Å². The van der Waals surface area contributed by atoms with Gasteiger partial charge in [0.05, 0.1) is 16.7 Å². The summed E-state index contributed by atoms with van der Waals surface area (Å²) >= 11 is 0. The number of carbonyl (C=O) groups excluding carboxylic acids is 1. The molecule has 1 amide bonds. The molecule has 0 radical (unpaired) electrons. The molecular formula is C19H22N6O. The Morgan fingerprint density at radius 2 is 1.81 bits per heavy atom. The van der Waals surface area contributed by atoms with Crippen LogP contribution in [0, 0.1) is 6.92 Å². The molecule has 0 aliphatic carbocycles. The number of nitrogens with one attached hydrogen (secondary N) is 1. The molecule has 1 aliphatic rings. The quantitative estimate of drug-likeness (QED) is 0.783. The van der Waals surface area contributed by atoms with Gasteiger partial charge >= 0.3 is 0 Å². The Hall–Kier alpha value is -2.96. The molecule has 0 unspecified atom stereocenters. The van der Waals surface area contributed by atoms with E-state index in [1.807, 2.05) is 31.2 Å². The Balaban J connectivity index is 1.43. The number of hydrogen-bond donors (Lipinski definition) is 1. The average Bonchev–Trinajstić information content (AvgIpc) is 3.08. The molecule has 134 valence electrons. The number of fused-ring (bicyclic) bond motifs is 1. The summed E-state index contributed by atoms with van der Waals surface area (Å²) < 4.78 is 1.60. The molecule has 4 rings (SSSR count). The van der Waals surface area contributed by atoms with Gasteiger partial charge in [-0.05, 0) is 38.0 Å². The Kier molecular flexibility index (Phi) is 4.28. The number of para-hydroxylation sites is 2. The summed E-state index contributed by atoms with van der Waals surface area (Å²) in [5.74, 6) is 0.880. The van der Waals surface area contributed by atoms with Crippen LogP contribution >= 0.6 is 0 Å². The van der Waals surface area contributed by atoms with Gasteiger partial charge in [-0.1, -0.05) is 12.1 Å². The fraction of sp³-hybridized carbons (Fsp3) is 0.368. The zero-order chi connectivity index (χ0) is 18.1. The minimum Gasteiger partial charge on any atom is -0.355 e. The van der Waals surface area contributed by atoms with E-state index in [1.54, 1.807) is 24.0 Å². The van der Waals surface area contributed by atoms with Crippen molar-refractivity contribution in [1.29, 1.82) is 0 Å². The molecule has 0 spiro atoms. The molecule has 1 aromatic carbocycles. The highest BCUT2D eigenvalue weighted by Crippen LogP contribution is 2.23. The van der Waals surface area contributed by atoms with E-state index in [0.29, 0.717) is 5.69 Å². The summed E-state index contributed by atoms with van der Waals surface area (Å²) in [4.78, 5) is 24.1. The van der Waals surface area contributed by atoms with Gasteiger partial charge in [0.1, 0.15) is 5.69 Å². The first-order chi connectivity index (χ1) is 12.6. The third-order valence-corrected chi connectivity index (χ3v) is 4.90. The van der Waals surface area contributed by atoms with Gasteiger partial charge < -0.3 is 10.2 Å². The summed E-state index contributed by atoms with van der Waals surface area (Å²) in [6.07, 6.45) is 3.41. The highest BCUT2D eigenvalue weighted by atomic mass is 16.2. The van der Waals surface area contributed by atoms with E-state index in [-0.39, 0.29) is 11.9 Å². The number of rotatable bonds is 3. The van der Waals surface area contributed by atoms with Gasteiger partial charge in [0.15, 0.2) is 5.82 Å². The number of benzene rings is 1. The van der Waals surface area contributed by atoms with Gasteiger partial charge in [0.2, 0.25) is 0 Å². The first-order valence-corrected chi connectivity index (χ1v) is 8.89. The summed E-state index contributed by atoms with van der Waals surface area (Å²) in [5.41, 5.74) is 3.37. The van der Waals surface area contributed by atoms with Crippen molar-refractivity contribution in [2.24, 2.45) is 7.05 Å². The molecule has 1 aliphatic heterocycles. The third-order valence-electron chi connectivity index (χ3n) is 4.90. The van der Waals surface area contributed by atoms with Crippen LogP contribution in [0.2, 0.25) is 0 Å². The van der Waals surface area contributed by atoms with Crippen molar-refractivity contribution in [3.05, 3.63) is 47.9 Å². The summed E-state index contributed by atoms with van der Waals surface area (Å²) in [7, 11) is 1.78. The minimum absolute atomic E-state index is 0.0647. The Bertz CT molecular complexity index is 942. The maximum absolute atomic E-state index is 12.3. The lowest BCUT2D eigenvalue weighted by Crippen LogP contribution is -2.45. The van der Waals surface area contributed by atoms with E-state index in [0.717, 1.165) is 48.5 Å². The lowest BCUT2D eigenvalue weighted by atomic mass is 10.0. The molecule has 0 atom stereocenters. The number of anilines is 1. The molecule has 1 saturated heterocycles. The van der Waals surface area contributed by atoms with Gasteiger partial charge in [-0.3, -0.25) is 9.48 Å². The predicted octanol–water partition coefficient (Wildman–Crippen LogP) is 2.07. The fourth-order valence-corrected chi connectivity index (χ4v) is 3.47. The molecule has 7 nitrogen and oxygen atoms in total. The number of hydrogen-bond acceptors (Lipinski definition) is 5. The monoisotopic (exact) mass is 350 g/mol. The van der Waals surface area contributed by atoms with Crippen molar-refractivity contribution < 1.29 is 4.79 Å². The van der Waals surface area contributed by atoms with Crippen molar-refractivity contribution in [2.45, 2.75) is 25.8 Å². The predicted molar refractivity (Wildman–Crippen MR) is 100 cm³/mol. The van der Waals surface area contributed by atoms with Crippen LogP contribution in [-0.2, 0) is 7.05 Å². The van der Waals surface area contributed by atoms with E-state index >= 15 is 0 Å². The first-order valence-electron chi connectivity index (χ1n) is 8.89. The lowest BCUT2D eigenvalue weighted by molar-refractivity contribution is 0.0921. The van der Waals surface area contributed by atoms with Gasteiger partial charge in [0.25, 0.3) is 5.91 Å². The standard InChI is InChI=1S/C19H22N6O/c1-13-18(23-16-6-4-3-5-15(16)21-13)25-11-8-14(9-12-25)22-19(26)17-7-10-20-24(17)2/h3-7,10,14H,8-9,11-12H2,1-2H3,(H,22,26). The van der Waals surface area contributed by atoms with Gasteiger partial charge in [-0.2, -0.15) is 5.10 Å². The largest absolute Gasteiger partial charge is 0.355 e. The van der Waals surface area contributed by atoms with Gasteiger partial charge in [0, 0.05) is 32.4 Å². The molecule has 0 bridgehead atoms. The van der Waals surface area contributed by atoms with Crippen LogP contribution in [0.1, 0.15) is 29.0 Å². The van der Waals surface area contributed by atoms with Crippen molar-refractivity contribution in [1.82, 2.24) is 25.1 Å². The highest BCUT2D eigenvalue weighted by Gasteiger charge is 2.24. The number of amides is 1. The maximum Gasteiger partial charge on any atom is 0.269 e. The Morgan fingerprint density at radius 1 is 1.12 bits per heavy atom. The van der Waals surface area contributed by atoms with Crippen LogP contribution in [0.3, 0.4) is 0 Å². The van der Waals surface area contributed by atoms with Gasteiger partial charge in [-0.25, -0.2) is 9.97 Å². The van der Waals surface area contributed by atoms with E-state index in [4.69, 9.17) is 4.98 Å². The minimum atomic E-state index is -0.0647. The molecule has 2 aromatic heterocycles. The Morgan fingerprint density at radius 3 is 2.46 bits per heavy atom. The number of carbonyl (C=O) groups is 1. The number of nitrogens with zero attached hydrogens (tertiary/aromatic N) is 5. The van der Waals surface area contributed by atoms with E-state index in [9.17, 15) is 4.79 Å². The van der Waals surface area contributed by atoms with Crippen LogP contribution in [0.5, 0.6) is 0 Å². The highest BCUT2D eigenvalue weighted by molar-refractivity contribution is 5.92. The lowest BCUT2D eigenvalue weighted by Gasteiger charge is -2.33. The van der Waals surface area contributed by atoms with E-state index < -0.39 is 0 Å². The molecular weight excluding hydrogens is 328 g/mol. The number of aryl methyl sites for hydroxylation is 2. The van der Waals surface area contributed by atoms with Crippen LogP contribution in [0.4, 0.5) is 5.82 Å². The molecule has 0 saturated carbocycles. The third kappa shape index (κ3) is 3.12. The van der Waals surface area contributed by atoms with Gasteiger partial charge in [-0.15, -0.1) is 0 Å². The molecule has 3 heterocycles. The Labute approximate surface area is 152 Å². The zero-order valence-corrected chi connectivity index (χ0v) is 15.0. The molecule has 26 heavy (non-hydrogen) atoms. The second kappa shape index (κ2) is 6.74. The summed E-state index contributed by atoms with van der Waals surface area (Å²) in [6.45, 7) is 3.71. The zero-order valence-electron chi connectivity index (χ0n) is 15.0. The summed E-state index contributed by atoms with van der Waals surface area (Å²) in [6, 6.07) is 9.84. The van der Waals surface area contributed by atoms with Crippen LogP contribution in [0.15, 0.2) is 36.5 Å². The molecule has 1 N–H and O–H groups in total. The van der Waals surface area contributed by atoms with E-state index in [2.05, 4.69) is 20.3 Å². The first kappa shape index (κ1) is 16.5. The second-order valence-electron chi connectivity index (χ2n) is 6.70. The van der Waals surface area contributed by atoms with Crippen molar-refractivity contribution in [2.75, 3.05) is 18.0 Å². The van der Waals surface area contributed by atoms with Crippen LogP contribution < -0.4 is 10.2 Å². The fourth-order valence-electron chi connectivity index (χ4n) is 3.47. The average molecular weight is 350 g/mol. The summed E-state index contributed by atoms with van der Waals surface area (Å²) in [5, 5.41) is 7.17. The molecule has 3 aromatic rings. The van der Waals surface area contributed by atoms with E-state index in [1.165, 1.54) is 0 Å². The molecule has 1 fully saturated rings. The maximum atomic E-state index is 12.3. The smallest absolute Gasteiger partial charge is 0.269 e. The van der Waals surface area contributed by atoms with Crippen molar-refractivity contribution >= 4 is 22.8 Å². The molecule has 7 heteroatoms. The topological polar surface area (TPSA) is 75.9 Å². The van der Waals surface area contributed by atoms with Crippen LogP contribution in [-0.4, -0.2) is 44.8 Å². The van der Waals surface area contributed by atoms with Crippen molar-refractivity contribution in [3.63, 3.8) is 0 Å². The van der Waals surface area contributed by atoms with Crippen molar-refractivity contribution in [3.8, 4) is 0 Å². The second-order valence-corrected chi connectivity index (χ2v) is 6.70. The SMILES string of the molecule is Cc1nc2ccccc2nc1N1CCC(NC(=O)c2ccnn2C)CC1. The number of piperidine rings is 1. The normalized spacial score (nSPS) is 15.4. The number of aromatic nitrogens is 4.